The second-order valence-corrected chi connectivity index (χ2v) is 4.48. The molecule has 0 aliphatic carbocycles. The number of nitrogens with one attached hydrogen (secondary N) is 2. The average molecular weight is 243 g/mol. The number of hydrogen-bond donors (Lipinski definition) is 4. The first-order valence-corrected chi connectivity index (χ1v) is 6.05. The number of piperidine rings is 1. The van der Waals surface area contributed by atoms with Gasteiger partial charge in [-0.05, 0) is 38.3 Å². The van der Waals surface area contributed by atoms with Gasteiger partial charge in [-0.2, -0.15) is 0 Å². The summed E-state index contributed by atoms with van der Waals surface area (Å²) in [7, 11) is 0. The van der Waals surface area contributed by atoms with Gasteiger partial charge in [-0.3, -0.25) is 9.59 Å². The van der Waals surface area contributed by atoms with Gasteiger partial charge in [0.1, 0.15) is 6.04 Å². The van der Waals surface area contributed by atoms with Crippen LogP contribution in [0.2, 0.25) is 0 Å². The first kappa shape index (κ1) is 13.9. The maximum Gasteiger partial charge on any atom is 0.320 e. The summed E-state index contributed by atoms with van der Waals surface area (Å²) in [5, 5.41) is 14.5. The summed E-state index contributed by atoms with van der Waals surface area (Å²) in [6.45, 7) is 2.28. The van der Waals surface area contributed by atoms with Gasteiger partial charge in [-0.15, -0.1) is 0 Å². The minimum absolute atomic E-state index is 0.00510. The van der Waals surface area contributed by atoms with Crippen LogP contribution in [-0.4, -0.2) is 42.7 Å². The lowest BCUT2D eigenvalue weighted by molar-refractivity contribution is -0.138. The quantitative estimate of drug-likeness (QED) is 0.493. The maximum atomic E-state index is 11.5. The van der Waals surface area contributed by atoms with Crippen molar-refractivity contribution in [3.63, 3.8) is 0 Å². The first-order chi connectivity index (χ1) is 8.09. The highest BCUT2D eigenvalue weighted by atomic mass is 16.4. The van der Waals surface area contributed by atoms with Gasteiger partial charge in [0.15, 0.2) is 0 Å². The minimum atomic E-state index is -1.03. The molecule has 1 aliphatic heterocycles. The number of carbonyl (C=O) groups is 2. The van der Waals surface area contributed by atoms with Crippen molar-refractivity contribution in [3.05, 3.63) is 0 Å². The van der Waals surface area contributed by atoms with Crippen molar-refractivity contribution in [1.29, 1.82) is 0 Å². The Morgan fingerprint density at radius 3 is 2.65 bits per heavy atom. The van der Waals surface area contributed by atoms with E-state index in [1.165, 1.54) is 0 Å². The number of carbonyl (C=O) groups excluding carboxylic acids is 1. The Labute approximate surface area is 101 Å². The molecule has 1 aliphatic rings. The van der Waals surface area contributed by atoms with Gasteiger partial charge in [-0.1, -0.05) is 0 Å². The molecular weight excluding hydrogens is 222 g/mol. The van der Waals surface area contributed by atoms with E-state index in [0.29, 0.717) is 18.9 Å². The third kappa shape index (κ3) is 5.65. The summed E-state index contributed by atoms with van der Waals surface area (Å²) in [5.74, 6) is -0.587. The molecule has 6 heteroatoms. The molecule has 0 unspecified atom stereocenters. The second kappa shape index (κ2) is 7.24. The molecule has 0 aromatic carbocycles. The number of carboxylic acids is 1. The van der Waals surface area contributed by atoms with Crippen LogP contribution in [0.3, 0.4) is 0 Å². The van der Waals surface area contributed by atoms with Crippen LogP contribution in [0.1, 0.15) is 25.7 Å². The molecule has 0 aromatic heterocycles. The number of carboxylic acid groups (broad SMARTS) is 1. The standard InChI is InChI=1S/C11H21N3O3/c12-9(11(16)17)3-6-14-10(15)7-8-1-4-13-5-2-8/h8-9,13H,1-7,12H2,(H,14,15)(H,16,17)/t9-/m0/s1. The fourth-order valence-corrected chi connectivity index (χ4v) is 1.91. The summed E-state index contributed by atoms with van der Waals surface area (Å²) in [5.41, 5.74) is 5.33. The largest absolute Gasteiger partial charge is 0.480 e. The van der Waals surface area contributed by atoms with E-state index in [1.54, 1.807) is 0 Å². The van der Waals surface area contributed by atoms with Gasteiger partial charge >= 0.3 is 5.97 Å². The van der Waals surface area contributed by atoms with E-state index >= 15 is 0 Å². The highest BCUT2D eigenvalue weighted by molar-refractivity contribution is 5.76. The van der Waals surface area contributed by atoms with E-state index in [1.807, 2.05) is 0 Å². The normalized spacial score (nSPS) is 18.6. The fourth-order valence-electron chi connectivity index (χ4n) is 1.91. The molecule has 1 amide bonds. The maximum absolute atomic E-state index is 11.5. The van der Waals surface area contributed by atoms with Crippen LogP contribution in [0.5, 0.6) is 0 Å². The Morgan fingerprint density at radius 2 is 2.06 bits per heavy atom. The predicted octanol–water partition coefficient (Wildman–Crippen LogP) is -0.706. The van der Waals surface area contributed by atoms with Gasteiger partial charge in [0, 0.05) is 13.0 Å². The van der Waals surface area contributed by atoms with Crippen LogP contribution < -0.4 is 16.4 Å². The van der Waals surface area contributed by atoms with Crippen molar-refractivity contribution < 1.29 is 14.7 Å². The summed E-state index contributed by atoms with van der Waals surface area (Å²) in [6.07, 6.45) is 2.86. The van der Waals surface area contributed by atoms with Gasteiger partial charge in [0.25, 0.3) is 0 Å². The second-order valence-electron chi connectivity index (χ2n) is 4.48. The van der Waals surface area contributed by atoms with Crippen LogP contribution >= 0.6 is 0 Å². The molecule has 98 valence electrons. The Hall–Kier alpha value is -1.14. The third-order valence-corrected chi connectivity index (χ3v) is 3.03. The zero-order valence-electron chi connectivity index (χ0n) is 9.95. The highest BCUT2D eigenvalue weighted by Crippen LogP contribution is 2.15. The summed E-state index contributed by atoms with van der Waals surface area (Å²) in [6, 6.07) is -0.894. The molecule has 0 aromatic rings. The number of aliphatic carboxylic acids is 1. The lowest BCUT2D eigenvalue weighted by Crippen LogP contribution is -2.36. The molecular formula is C11H21N3O3. The molecule has 1 atom stereocenters. The molecule has 1 fully saturated rings. The van der Waals surface area contributed by atoms with E-state index in [9.17, 15) is 9.59 Å². The van der Waals surface area contributed by atoms with E-state index in [0.717, 1.165) is 25.9 Å². The van der Waals surface area contributed by atoms with Gasteiger partial charge < -0.3 is 21.5 Å². The molecule has 1 rings (SSSR count). The number of hydrogen-bond acceptors (Lipinski definition) is 4. The first-order valence-electron chi connectivity index (χ1n) is 6.05. The number of nitrogens with two attached hydrogens (primary N) is 1. The zero-order chi connectivity index (χ0) is 12.7. The lowest BCUT2D eigenvalue weighted by atomic mass is 9.94. The minimum Gasteiger partial charge on any atom is -0.480 e. The average Bonchev–Trinajstić information content (AvgIpc) is 2.30. The molecule has 0 bridgehead atoms. The third-order valence-electron chi connectivity index (χ3n) is 3.03. The SMILES string of the molecule is N[C@@H](CCNC(=O)CC1CCNCC1)C(=O)O. The van der Waals surface area contributed by atoms with Crippen molar-refractivity contribution >= 4 is 11.9 Å². The summed E-state index contributed by atoms with van der Waals surface area (Å²) < 4.78 is 0. The molecule has 1 heterocycles. The van der Waals surface area contributed by atoms with Crippen molar-refractivity contribution in [2.45, 2.75) is 31.7 Å². The molecule has 17 heavy (non-hydrogen) atoms. The van der Waals surface area contributed by atoms with Gasteiger partial charge in [-0.25, -0.2) is 0 Å². The monoisotopic (exact) mass is 243 g/mol. The van der Waals surface area contributed by atoms with Crippen molar-refractivity contribution in [2.24, 2.45) is 11.7 Å². The molecule has 1 saturated heterocycles. The molecule has 0 radical (unpaired) electrons. The topological polar surface area (TPSA) is 104 Å². The van der Waals surface area contributed by atoms with Crippen LogP contribution in [0, 0.1) is 5.92 Å². The smallest absolute Gasteiger partial charge is 0.320 e. The van der Waals surface area contributed by atoms with Crippen LogP contribution in [0.15, 0.2) is 0 Å². The molecule has 0 spiro atoms. The lowest BCUT2D eigenvalue weighted by Gasteiger charge is -2.21. The molecule has 0 saturated carbocycles. The van der Waals surface area contributed by atoms with E-state index in [2.05, 4.69) is 10.6 Å². The van der Waals surface area contributed by atoms with Crippen LogP contribution in [0.25, 0.3) is 0 Å². The van der Waals surface area contributed by atoms with E-state index < -0.39 is 12.0 Å². The summed E-state index contributed by atoms with van der Waals surface area (Å²) in [4.78, 5) is 22.0. The summed E-state index contributed by atoms with van der Waals surface area (Å²) >= 11 is 0. The van der Waals surface area contributed by atoms with Crippen LogP contribution in [0.4, 0.5) is 0 Å². The van der Waals surface area contributed by atoms with Gasteiger partial charge in [0.2, 0.25) is 5.91 Å². The molecule has 6 nitrogen and oxygen atoms in total. The fraction of sp³-hybridized carbons (Fsp3) is 0.818. The predicted molar refractivity (Wildman–Crippen MR) is 63.4 cm³/mol. The Morgan fingerprint density at radius 1 is 1.41 bits per heavy atom. The number of rotatable bonds is 6. The number of amides is 1. The van der Waals surface area contributed by atoms with Crippen molar-refractivity contribution in [3.8, 4) is 0 Å². The van der Waals surface area contributed by atoms with E-state index in [4.69, 9.17) is 10.8 Å². The van der Waals surface area contributed by atoms with E-state index in [-0.39, 0.29) is 12.3 Å². The van der Waals surface area contributed by atoms with Gasteiger partial charge in [0.05, 0.1) is 0 Å². The van der Waals surface area contributed by atoms with Crippen molar-refractivity contribution in [1.82, 2.24) is 10.6 Å². The molecule has 5 N–H and O–H groups in total. The zero-order valence-corrected chi connectivity index (χ0v) is 9.95. The van der Waals surface area contributed by atoms with Crippen molar-refractivity contribution in [2.75, 3.05) is 19.6 Å². The Balaban J connectivity index is 2.10. The highest BCUT2D eigenvalue weighted by Gasteiger charge is 2.17. The Kier molecular flexibility index (Phi) is 5.93. The Bertz CT molecular complexity index is 265. The van der Waals surface area contributed by atoms with Crippen LogP contribution in [-0.2, 0) is 9.59 Å².